The van der Waals surface area contributed by atoms with Crippen molar-refractivity contribution in [2.75, 3.05) is 13.2 Å². The van der Waals surface area contributed by atoms with Gasteiger partial charge in [0.1, 0.15) is 18.2 Å². The van der Waals surface area contributed by atoms with Crippen LogP contribution in [-0.4, -0.2) is 30.1 Å². The minimum atomic E-state index is -0.787. The van der Waals surface area contributed by atoms with Crippen LogP contribution in [0.5, 0.6) is 0 Å². The molecular formula is C14H12ClNO6. The van der Waals surface area contributed by atoms with Crippen molar-refractivity contribution in [3.05, 3.63) is 57.6 Å². The first kappa shape index (κ1) is 17.4. The summed E-state index contributed by atoms with van der Waals surface area (Å²) in [5.41, 5.74) is 0.403. The summed E-state index contributed by atoms with van der Waals surface area (Å²) in [5, 5.41) is 10.3. The first-order valence-corrected chi connectivity index (χ1v) is 6.39. The highest BCUT2D eigenvalue weighted by Gasteiger charge is 2.06. The molecule has 22 heavy (non-hydrogen) atoms. The molecule has 0 atom stereocenters. The van der Waals surface area contributed by atoms with Gasteiger partial charge >= 0.3 is 11.9 Å². The molecule has 0 radical (unpaired) electrons. The molecule has 0 aliphatic rings. The Morgan fingerprint density at radius 3 is 2.64 bits per heavy atom. The van der Waals surface area contributed by atoms with E-state index >= 15 is 0 Å². The monoisotopic (exact) mass is 325 g/mol. The average molecular weight is 326 g/mol. The number of carbonyl (C=O) groups excluding carboxylic acids is 2. The number of non-ortho nitro benzene ring substituents is 1. The predicted octanol–water partition coefficient (Wildman–Crippen LogP) is 2.45. The molecule has 0 amide bonds. The van der Waals surface area contributed by atoms with Crippen molar-refractivity contribution in [3.8, 4) is 0 Å². The van der Waals surface area contributed by atoms with E-state index in [9.17, 15) is 19.7 Å². The van der Waals surface area contributed by atoms with Gasteiger partial charge in [0.25, 0.3) is 5.69 Å². The number of rotatable bonds is 7. The van der Waals surface area contributed by atoms with Gasteiger partial charge in [0, 0.05) is 18.2 Å². The maximum absolute atomic E-state index is 11.4. The molecular weight excluding hydrogens is 314 g/mol. The van der Waals surface area contributed by atoms with E-state index in [0.717, 1.165) is 6.08 Å². The molecule has 0 N–H and O–H groups in total. The van der Waals surface area contributed by atoms with E-state index in [2.05, 4.69) is 11.3 Å². The third kappa shape index (κ3) is 6.19. The predicted molar refractivity (Wildman–Crippen MR) is 79.0 cm³/mol. The molecule has 1 aromatic carbocycles. The van der Waals surface area contributed by atoms with E-state index in [1.807, 2.05) is 0 Å². The maximum atomic E-state index is 11.4. The number of hydrogen-bond donors (Lipinski definition) is 0. The first-order chi connectivity index (χ1) is 10.4. The lowest BCUT2D eigenvalue weighted by atomic mass is 10.2. The molecule has 0 unspecified atom stereocenters. The number of hydrogen-bond acceptors (Lipinski definition) is 6. The van der Waals surface area contributed by atoms with Crippen LogP contribution in [0.2, 0.25) is 0 Å². The summed E-state index contributed by atoms with van der Waals surface area (Å²) in [6, 6.07) is 5.76. The zero-order valence-electron chi connectivity index (χ0n) is 11.4. The molecule has 7 nitrogen and oxygen atoms in total. The third-order valence-electron chi connectivity index (χ3n) is 2.28. The fraction of sp³-hybridized carbons (Fsp3) is 0.143. The molecule has 0 heterocycles. The highest BCUT2D eigenvalue weighted by molar-refractivity contribution is 6.40. The van der Waals surface area contributed by atoms with Crippen molar-refractivity contribution in [2.45, 2.75) is 0 Å². The second kappa shape index (κ2) is 8.58. The molecule has 1 rings (SSSR count). The summed E-state index contributed by atoms with van der Waals surface area (Å²) in [5.74, 6) is -1.46. The van der Waals surface area contributed by atoms with Crippen LogP contribution in [-0.2, 0) is 19.1 Å². The fourth-order valence-corrected chi connectivity index (χ4v) is 1.36. The molecule has 0 aliphatic heterocycles. The minimum Gasteiger partial charge on any atom is -0.459 e. The molecule has 0 saturated heterocycles. The number of nitro groups is 1. The fourth-order valence-electron chi connectivity index (χ4n) is 1.31. The zero-order valence-corrected chi connectivity index (χ0v) is 12.1. The van der Waals surface area contributed by atoms with Crippen molar-refractivity contribution in [3.63, 3.8) is 0 Å². The normalized spacial score (nSPS) is 10.2. The van der Waals surface area contributed by atoms with E-state index in [1.165, 1.54) is 24.3 Å². The number of nitrogens with zero attached hydrogens (tertiary/aromatic N) is 1. The van der Waals surface area contributed by atoms with Gasteiger partial charge in [0.2, 0.25) is 0 Å². The van der Waals surface area contributed by atoms with Crippen LogP contribution in [0.4, 0.5) is 5.69 Å². The van der Waals surface area contributed by atoms with Gasteiger partial charge in [-0.15, -0.1) is 0 Å². The first-order valence-electron chi connectivity index (χ1n) is 6.01. The smallest absolute Gasteiger partial charge is 0.349 e. The van der Waals surface area contributed by atoms with Gasteiger partial charge in [-0.3, -0.25) is 10.1 Å². The molecule has 8 heteroatoms. The zero-order chi connectivity index (χ0) is 16.5. The summed E-state index contributed by atoms with van der Waals surface area (Å²) in [7, 11) is 0. The average Bonchev–Trinajstić information content (AvgIpc) is 2.49. The van der Waals surface area contributed by atoms with E-state index < -0.39 is 16.9 Å². The number of nitro benzene ring substituents is 1. The van der Waals surface area contributed by atoms with Gasteiger partial charge < -0.3 is 9.47 Å². The van der Waals surface area contributed by atoms with E-state index in [-0.39, 0.29) is 23.9 Å². The molecule has 0 saturated carbocycles. The Bertz CT molecular complexity index is 626. The highest BCUT2D eigenvalue weighted by Crippen LogP contribution is 2.14. The molecule has 0 fully saturated rings. The number of esters is 2. The summed E-state index contributed by atoms with van der Waals surface area (Å²) in [6.07, 6.45) is 2.49. The number of benzene rings is 1. The van der Waals surface area contributed by atoms with Crippen molar-refractivity contribution >= 4 is 35.3 Å². The van der Waals surface area contributed by atoms with Crippen LogP contribution < -0.4 is 0 Å². The standard InChI is InChI=1S/C14H12ClNO6/c1-10(15)14(18)22-8-7-21-13(17)6-5-11-3-2-4-12(9-11)16(19)20/h2-6,9H,1,7-8H2/b6-5+. The molecule has 1 aromatic rings. The highest BCUT2D eigenvalue weighted by atomic mass is 35.5. The summed E-state index contributed by atoms with van der Waals surface area (Å²) in [6.45, 7) is 2.88. The Morgan fingerprint density at radius 1 is 1.32 bits per heavy atom. The van der Waals surface area contributed by atoms with Gasteiger partial charge in [0.15, 0.2) is 0 Å². The summed E-state index contributed by atoms with van der Waals surface area (Å²) in [4.78, 5) is 32.4. The third-order valence-corrected chi connectivity index (χ3v) is 2.43. The largest absolute Gasteiger partial charge is 0.459 e. The maximum Gasteiger partial charge on any atom is 0.349 e. The molecule has 0 aliphatic carbocycles. The second-order valence-electron chi connectivity index (χ2n) is 3.89. The lowest BCUT2D eigenvalue weighted by Gasteiger charge is -2.03. The molecule has 0 aromatic heterocycles. The van der Waals surface area contributed by atoms with E-state index in [1.54, 1.807) is 6.07 Å². The Kier molecular flexibility index (Phi) is 6.78. The molecule has 0 bridgehead atoms. The van der Waals surface area contributed by atoms with Crippen LogP contribution in [0, 0.1) is 10.1 Å². The van der Waals surface area contributed by atoms with E-state index in [4.69, 9.17) is 16.3 Å². The number of carbonyl (C=O) groups is 2. The van der Waals surface area contributed by atoms with Crippen molar-refractivity contribution in [2.24, 2.45) is 0 Å². The number of ether oxygens (including phenoxy) is 2. The topological polar surface area (TPSA) is 95.7 Å². The van der Waals surface area contributed by atoms with Crippen LogP contribution in [0.3, 0.4) is 0 Å². The van der Waals surface area contributed by atoms with Gasteiger partial charge in [-0.1, -0.05) is 30.3 Å². The van der Waals surface area contributed by atoms with Gasteiger partial charge in [-0.25, -0.2) is 9.59 Å². The Labute approximate surface area is 130 Å². The van der Waals surface area contributed by atoms with Crippen LogP contribution in [0.25, 0.3) is 6.08 Å². The van der Waals surface area contributed by atoms with Crippen molar-refractivity contribution in [1.82, 2.24) is 0 Å². The number of halogens is 1. The molecule has 0 spiro atoms. The van der Waals surface area contributed by atoms with Crippen LogP contribution >= 0.6 is 11.6 Å². The SMILES string of the molecule is C=C(Cl)C(=O)OCCOC(=O)/C=C/c1cccc([N+](=O)[O-])c1. The Hall–Kier alpha value is -2.67. The minimum absolute atomic E-state index is 0.0799. The summed E-state index contributed by atoms with van der Waals surface area (Å²) < 4.78 is 9.37. The lowest BCUT2D eigenvalue weighted by molar-refractivity contribution is -0.384. The Morgan fingerprint density at radius 2 is 2.00 bits per heavy atom. The molecule has 116 valence electrons. The van der Waals surface area contributed by atoms with Gasteiger partial charge in [-0.05, 0) is 11.6 Å². The van der Waals surface area contributed by atoms with Crippen molar-refractivity contribution in [1.29, 1.82) is 0 Å². The van der Waals surface area contributed by atoms with E-state index in [0.29, 0.717) is 5.56 Å². The second-order valence-corrected chi connectivity index (χ2v) is 4.35. The van der Waals surface area contributed by atoms with Gasteiger partial charge in [-0.2, -0.15) is 0 Å². The van der Waals surface area contributed by atoms with Gasteiger partial charge in [0.05, 0.1) is 4.92 Å². The Balaban J connectivity index is 2.41. The van der Waals surface area contributed by atoms with Crippen LogP contribution in [0.1, 0.15) is 5.56 Å². The quantitative estimate of drug-likeness (QED) is 0.251. The van der Waals surface area contributed by atoms with Crippen molar-refractivity contribution < 1.29 is 24.0 Å². The lowest BCUT2D eigenvalue weighted by Crippen LogP contribution is -2.12. The summed E-state index contributed by atoms with van der Waals surface area (Å²) >= 11 is 5.29. The van der Waals surface area contributed by atoms with Crippen LogP contribution in [0.15, 0.2) is 42.0 Å².